The van der Waals surface area contributed by atoms with Gasteiger partial charge in [-0.3, -0.25) is 0 Å². The highest BCUT2D eigenvalue weighted by molar-refractivity contribution is 7.26. The Kier molecular flexibility index (Phi) is 6.57. The molecular weight excluding hydrogens is 667 g/mol. The summed E-state index contributed by atoms with van der Waals surface area (Å²) in [5.74, 6) is 0. The van der Waals surface area contributed by atoms with E-state index < -0.39 is 5.41 Å². The number of nitrogens with zero attached hydrogens (tertiary/aromatic N) is 1. The molecule has 0 bridgehead atoms. The van der Waals surface area contributed by atoms with Crippen LogP contribution in [0.15, 0.2) is 188 Å². The van der Waals surface area contributed by atoms with Crippen LogP contribution < -0.4 is 4.90 Å². The molecular formula is C49H31NS2. The topological polar surface area (TPSA) is 3.24 Å². The Balaban J connectivity index is 1.13. The molecule has 11 rings (SSSR count). The third-order valence-electron chi connectivity index (χ3n) is 11.0. The van der Waals surface area contributed by atoms with Crippen LogP contribution in [0, 0.1) is 0 Å². The first-order valence-corrected chi connectivity index (χ1v) is 19.4. The number of benzene rings is 8. The standard InChI is InChI=1S/C49H31NS2/c1-2-12-32(13-3-1)49(43-18-8-4-14-37(43)38-15-5-9-19-44(38)49)33-22-24-34(25-23-33)50(35-27-29-47-42(30-35)40-17-7-11-21-46(40)51-47)36-26-28-41-39-16-6-10-20-45(39)52-48(41)31-36/h1-31H. The molecule has 0 spiro atoms. The summed E-state index contributed by atoms with van der Waals surface area (Å²) >= 11 is 3.73. The average Bonchev–Trinajstić information content (AvgIpc) is 3.87. The summed E-state index contributed by atoms with van der Waals surface area (Å²) in [5, 5.41) is 5.23. The molecule has 0 saturated carbocycles. The Morgan fingerprint density at radius 3 is 1.52 bits per heavy atom. The Bertz CT molecular complexity index is 2920. The second kappa shape index (κ2) is 11.5. The summed E-state index contributed by atoms with van der Waals surface area (Å²) in [6.07, 6.45) is 0. The van der Waals surface area contributed by atoms with Gasteiger partial charge < -0.3 is 4.90 Å². The first-order chi connectivity index (χ1) is 25.8. The van der Waals surface area contributed by atoms with Crippen LogP contribution in [0.3, 0.4) is 0 Å². The van der Waals surface area contributed by atoms with E-state index in [-0.39, 0.29) is 0 Å². The second-order valence-electron chi connectivity index (χ2n) is 13.6. The van der Waals surface area contributed by atoms with Gasteiger partial charge in [-0.05, 0) is 88.0 Å². The van der Waals surface area contributed by atoms with E-state index in [1.165, 1.54) is 73.7 Å². The summed E-state index contributed by atoms with van der Waals surface area (Å²) in [6.45, 7) is 0. The fraction of sp³-hybridized carbons (Fsp3) is 0.0204. The van der Waals surface area contributed by atoms with E-state index in [2.05, 4.69) is 193 Å². The van der Waals surface area contributed by atoms with Crippen LogP contribution in [0.25, 0.3) is 51.5 Å². The molecule has 0 amide bonds. The molecule has 2 heterocycles. The fourth-order valence-corrected chi connectivity index (χ4v) is 11.0. The van der Waals surface area contributed by atoms with Crippen molar-refractivity contribution in [2.75, 3.05) is 4.90 Å². The number of rotatable bonds is 5. The van der Waals surface area contributed by atoms with Gasteiger partial charge in [-0.1, -0.05) is 133 Å². The van der Waals surface area contributed by atoms with Crippen LogP contribution in [-0.2, 0) is 5.41 Å². The van der Waals surface area contributed by atoms with Gasteiger partial charge in [0.2, 0.25) is 0 Å². The second-order valence-corrected chi connectivity index (χ2v) is 15.8. The Hall–Kier alpha value is -6.00. The maximum Gasteiger partial charge on any atom is 0.0713 e. The molecule has 2 aromatic heterocycles. The van der Waals surface area contributed by atoms with Gasteiger partial charge in [-0.15, -0.1) is 22.7 Å². The highest BCUT2D eigenvalue weighted by atomic mass is 32.1. The van der Waals surface area contributed by atoms with Crippen molar-refractivity contribution in [3.8, 4) is 11.1 Å². The largest absolute Gasteiger partial charge is 0.310 e. The highest BCUT2D eigenvalue weighted by Gasteiger charge is 2.45. The minimum atomic E-state index is -0.428. The number of hydrogen-bond acceptors (Lipinski definition) is 3. The molecule has 1 aliphatic carbocycles. The van der Waals surface area contributed by atoms with Gasteiger partial charge >= 0.3 is 0 Å². The minimum absolute atomic E-state index is 0.428. The molecule has 0 fully saturated rings. The zero-order chi connectivity index (χ0) is 34.2. The van der Waals surface area contributed by atoms with Crippen molar-refractivity contribution in [2.24, 2.45) is 0 Å². The van der Waals surface area contributed by atoms with Crippen molar-refractivity contribution in [3.05, 3.63) is 210 Å². The highest BCUT2D eigenvalue weighted by Crippen LogP contribution is 2.56. The molecule has 0 atom stereocenters. The van der Waals surface area contributed by atoms with Gasteiger partial charge in [0, 0.05) is 57.4 Å². The smallest absolute Gasteiger partial charge is 0.0713 e. The lowest BCUT2D eigenvalue weighted by Crippen LogP contribution is -2.28. The molecule has 8 aromatic carbocycles. The van der Waals surface area contributed by atoms with Crippen LogP contribution in [0.1, 0.15) is 22.3 Å². The number of hydrogen-bond donors (Lipinski definition) is 0. The van der Waals surface area contributed by atoms with Gasteiger partial charge in [0.05, 0.1) is 5.41 Å². The van der Waals surface area contributed by atoms with E-state index in [0.29, 0.717) is 0 Å². The maximum absolute atomic E-state index is 2.44. The van der Waals surface area contributed by atoms with Crippen LogP contribution in [0.5, 0.6) is 0 Å². The van der Waals surface area contributed by atoms with E-state index in [4.69, 9.17) is 0 Å². The first-order valence-electron chi connectivity index (χ1n) is 17.8. The number of anilines is 3. The SMILES string of the molecule is c1ccc(C2(c3ccc(N(c4ccc5c(c4)sc4ccccc45)c4ccc5sc6ccccc6c5c4)cc3)c3ccccc3-c3ccccc32)cc1. The molecule has 1 nitrogen and oxygen atoms in total. The van der Waals surface area contributed by atoms with Crippen LogP contribution in [0.2, 0.25) is 0 Å². The Labute approximate surface area is 310 Å². The van der Waals surface area contributed by atoms with Crippen LogP contribution >= 0.6 is 22.7 Å². The molecule has 52 heavy (non-hydrogen) atoms. The minimum Gasteiger partial charge on any atom is -0.310 e. The van der Waals surface area contributed by atoms with Crippen molar-refractivity contribution < 1.29 is 0 Å². The number of fused-ring (bicyclic) bond motifs is 9. The van der Waals surface area contributed by atoms with E-state index >= 15 is 0 Å². The molecule has 0 aliphatic heterocycles. The zero-order valence-electron chi connectivity index (χ0n) is 28.2. The van der Waals surface area contributed by atoms with E-state index in [9.17, 15) is 0 Å². The van der Waals surface area contributed by atoms with Gasteiger partial charge in [0.1, 0.15) is 0 Å². The zero-order valence-corrected chi connectivity index (χ0v) is 29.8. The van der Waals surface area contributed by atoms with Crippen LogP contribution in [-0.4, -0.2) is 0 Å². The summed E-state index contributed by atoms with van der Waals surface area (Å²) < 4.78 is 5.24. The van der Waals surface area contributed by atoms with E-state index in [1.807, 2.05) is 22.7 Å². The number of thiophene rings is 2. The monoisotopic (exact) mass is 697 g/mol. The fourth-order valence-electron chi connectivity index (χ4n) is 8.73. The van der Waals surface area contributed by atoms with Crippen molar-refractivity contribution in [2.45, 2.75) is 5.41 Å². The van der Waals surface area contributed by atoms with Crippen molar-refractivity contribution >= 4 is 80.1 Å². The quantitative estimate of drug-likeness (QED) is 0.173. The average molecular weight is 698 g/mol. The molecule has 10 aromatic rings. The lowest BCUT2D eigenvalue weighted by atomic mass is 9.68. The van der Waals surface area contributed by atoms with E-state index in [0.717, 1.165) is 17.1 Å². The van der Waals surface area contributed by atoms with Crippen molar-refractivity contribution in [1.82, 2.24) is 0 Å². The summed E-state index contributed by atoms with van der Waals surface area (Å²) in [5.41, 5.74) is 10.8. The Morgan fingerprint density at radius 2 is 0.808 bits per heavy atom. The first kappa shape index (κ1) is 29.7. The molecule has 0 radical (unpaired) electrons. The predicted molar refractivity (Wildman–Crippen MR) is 224 cm³/mol. The molecule has 1 aliphatic rings. The predicted octanol–water partition coefficient (Wildman–Crippen LogP) is 14.3. The Morgan fingerprint density at radius 1 is 0.327 bits per heavy atom. The third kappa shape index (κ3) is 4.27. The van der Waals surface area contributed by atoms with Crippen molar-refractivity contribution in [3.63, 3.8) is 0 Å². The molecule has 0 unspecified atom stereocenters. The molecule has 244 valence electrons. The third-order valence-corrected chi connectivity index (χ3v) is 13.2. The summed E-state index contributed by atoms with van der Waals surface area (Å²) in [7, 11) is 0. The summed E-state index contributed by atoms with van der Waals surface area (Å²) in [6, 6.07) is 69.8. The maximum atomic E-state index is 2.44. The lowest BCUT2D eigenvalue weighted by Gasteiger charge is -2.34. The van der Waals surface area contributed by atoms with Crippen LogP contribution in [0.4, 0.5) is 17.1 Å². The van der Waals surface area contributed by atoms with Gasteiger partial charge in [0.15, 0.2) is 0 Å². The lowest BCUT2D eigenvalue weighted by molar-refractivity contribution is 0.768. The summed E-state index contributed by atoms with van der Waals surface area (Å²) in [4.78, 5) is 2.44. The normalized spacial score (nSPS) is 13.2. The van der Waals surface area contributed by atoms with Gasteiger partial charge in [-0.2, -0.15) is 0 Å². The molecule has 0 saturated heterocycles. The van der Waals surface area contributed by atoms with E-state index in [1.54, 1.807) is 0 Å². The molecule has 3 heteroatoms. The van der Waals surface area contributed by atoms with Gasteiger partial charge in [0.25, 0.3) is 0 Å². The molecule has 0 N–H and O–H groups in total. The van der Waals surface area contributed by atoms with Crippen molar-refractivity contribution in [1.29, 1.82) is 0 Å². The van der Waals surface area contributed by atoms with Gasteiger partial charge in [-0.25, -0.2) is 0 Å².